The first kappa shape index (κ1) is 14.5. The third-order valence-corrected chi connectivity index (χ3v) is 3.99. The molecule has 0 aromatic rings. The predicted molar refractivity (Wildman–Crippen MR) is 69.2 cm³/mol. The molecule has 1 saturated heterocycles. The number of carbonyl (C=O) groups excluding carboxylic acids is 1. The highest BCUT2D eigenvalue weighted by atomic mass is 79.9. The number of nitrogens with zero attached hydrogens (tertiary/aromatic N) is 1. The minimum Gasteiger partial charge on any atom is -0.480 e. The van der Waals surface area contributed by atoms with Gasteiger partial charge >= 0.3 is 5.97 Å². The summed E-state index contributed by atoms with van der Waals surface area (Å²) in [5, 5.41) is 10.2. The number of unbranched alkanes of at least 4 members (excludes halogenated alkanes) is 2. The fraction of sp³-hybridized carbons (Fsp3) is 0.833. The van der Waals surface area contributed by atoms with Gasteiger partial charge in [0.05, 0.1) is 0 Å². The molecule has 1 aliphatic heterocycles. The van der Waals surface area contributed by atoms with E-state index in [0.29, 0.717) is 19.4 Å². The second-order valence-electron chi connectivity index (χ2n) is 4.73. The number of alkyl halides is 1. The molecule has 1 amide bonds. The lowest BCUT2D eigenvalue weighted by molar-refractivity contribution is -0.155. The minimum absolute atomic E-state index is 0.0121. The number of carboxylic acid groups (broad SMARTS) is 1. The van der Waals surface area contributed by atoms with E-state index in [4.69, 9.17) is 0 Å². The van der Waals surface area contributed by atoms with E-state index in [9.17, 15) is 14.7 Å². The number of halogens is 1. The molecule has 0 radical (unpaired) electrons. The fourth-order valence-corrected chi connectivity index (χ4v) is 2.66. The lowest BCUT2D eigenvalue weighted by Crippen LogP contribution is -2.50. The zero-order valence-corrected chi connectivity index (χ0v) is 11.8. The Hall–Kier alpha value is -0.580. The predicted octanol–water partition coefficient (Wildman–Crippen LogP) is 2.41. The number of carbonyl (C=O) groups is 2. The largest absolute Gasteiger partial charge is 0.480 e. The molecule has 17 heavy (non-hydrogen) atoms. The summed E-state index contributed by atoms with van der Waals surface area (Å²) in [7, 11) is 0. The molecule has 0 aromatic carbocycles. The lowest BCUT2D eigenvalue weighted by Gasteiger charge is -2.31. The van der Waals surface area contributed by atoms with Crippen LogP contribution in [0.1, 0.15) is 45.4 Å². The summed E-state index contributed by atoms with van der Waals surface area (Å²) >= 11 is 3.35. The van der Waals surface area contributed by atoms with Gasteiger partial charge in [0.15, 0.2) is 0 Å². The van der Waals surface area contributed by atoms with Crippen LogP contribution in [-0.4, -0.2) is 39.3 Å². The Labute approximate surface area is 110 Å². The van der Waals surface area contributed by atoms with Crippen LogP contribution in [-0.2, 0) is 9.59 Å². The van der Waals surface area contributed by atoms with Gasteiger partial charge in [0, 0.05) is 18.3 Å². The number of amides is 1. The number of aliphatic carboxylic acids is 1. The van der Waals surface area contributed by atoms with Crippen LogP contribution in [0.4, 0.5) is 0 Å². The quantitative estimate of drug-likeness (QED) is 0.605. The third kappa shape index (κ3) is 3.44. The van der Waals surface area contributed by atoms with Gasteiger partial charge in [-0.3, -0.25) is 4.79 Å². The number of carboxylic acids is 1. The van der Waals surface area contributed by atoms with Gasteiger partial charge in [-0.1, -0.05) is 22.4 Å². The van der Waals surface area contributed by atoms with Crippen LogP contribution >= 0.6 is 15.9 Å². The van der Waals surface area contributed by atoms with Crippen LogP contribution < -0.4 is 0 Å². The van der Waals surface area contributed by atoms with E-state index in [1.165, 1.54) is 0 Å². The standard InChI is InChI=1S/C12H20BrNO3/c1-12(11(16)17)7-5-9-14(12)10(15)6-3-2-4-8-13/h2-9H2,1H3,(H,16,17)/t12-/m0/s1. The minimum atomic E-state index is -0.980. The van der Waals surface area contributed by atoms with E-state index in [1.807, 2.05) is 0 Å². The Morgan fingerprint density at radius 3 is 2.65 bits per heavy atom. The van der Waals surface area contributed by atoms with E-state index >= 15 is 0 Å². The Bertz CT molecular complexity index is 295. The van der Waals surface area contributed by atoms with Crippen LogP contribution in [0.25, 0.3) is 0 Å². The smallest absolute Gasteiger partial charge is 0.329 e. The highest BCUT2D eigenvalue weighted by Crippen LogP contribution is 2.30. The molecule has 0 unspecified atom stereocenters. The number of hydrogen-bond donors (Lipinski definition) is 1. The lowest BCUT2D eigenvalue weighted by atomic mass is 9.99. The molecule has 0 aliphatic carbocycles. The van der Waals surface area contributed by atoms with Crippen LogP contribution in [0.15, 0.2) is 0 Å². The van der Waals surface area contributed by atoms with Crippen molar-refractivity contribution in [3.05, 3.63) is 0 Å². The molecule has 1 aliphatic rings. The van der Waals surface area contributed by atoms with Crippen molar-refractivity contribution in [2.45, 2.75) is 51.0 Å². The molecule has 0 spiro atoms. The van der Waals surface area contributed by atoms with Crippen LogP contribution in [0.2, 0.25) is 0 Å². The van der Waals surface area contributed by atoms with Gasteiger partial charge in [-0.25, -0.2) is 4.79 Å². The van der Waals surface area contributed by atoms with Crippen molar-refractivity contribution in [1.29, 1.82) is 0 Å². The van der Waals surface area contributed by atoms with Crippen molar-refractivity contribution in [1.82, 2.24) is 4.90 Å². The van der Waals surface area contributed by atoms with Gasteiger partial charge in [0.2, 0.25) is 5.91 Å². The molecule has 1 heterocycles. The first-order chi connectivity index (χ1) is 8.02. The molecule has 0 aromatic heterocycles. The van der Waals surface area contributed by atoms with Gasteiger partial charge in [0.25, 0.3) is 0 Å². The molecule has 0 saturated carbocycles. The molecular formula is C12H20BrNO3. The third-order valence-electron chi connectivity index (χ3n) is 3.43. The SMILES string of the molecule is C[C@@]1(C(=O)O)CCCN1C(=O)CCCCCBr. The molecule has 4 nitrogen and oxygen atoms in total. The van der Waals surface area contributed by atoms with Gasteiger partial charge < -0.3 is 10.0 Å². The average Bonchev–Trinajstić information content (AvgIpc) is 2.68. The number of rotatable bonds is 6. The molecule has 98 valence electrons. The Morgan fingerprint density at radius 1 is 1.35 bits per heavy atom. The average molecular weight is 306 g/mol. The maximum absolute atomic E-state index is 12.0. The van der Waals surface area contributed by atoms with E-state index in [1.54, 1.807) is 11.8 Å². The highest BCUT2D eigenvalue weighted by molar-refractivity contribution is 9.09. The number of likely N-dealkylation sites (tertiary alicyclic amines) is 1. The zero-order valence-electron chi connectivity index (χ0n) is 10.2. The first-order valence-corrected chi connectivity index (χ1v) is 7.24. The Kier molecular flexibility index (Phi) is 5.43. The summed E-state index contributed by atoms with van der Waals surface area (Å²) in [6.07, 6.45) is 4.73. The molecule has 0 bridgehead atoms. The maximum Gasteiger partial charge on any atom is 0.329 e. The molecular weight excluding hydrogens is 286 g/mol. The summed E-state index contributed by atoms with van der Waals surface area (Å²) in [6.45, 7) is 2.23. The highest BCUT2D eigenvalue weighted by Gasteiger charge is 2.45. The Balaban J connectivity index is 2.48. The van der Waals surface area contributed by atoms with E-state index in [0.717, 1.165) is 31.0 Å². The second kappa shape index (κ2) is 6.38. The second-order valence-corrected chi connectivity index (χ2v) is 5.52. The molecule has 1 atom stereocenters. The molecule has 1 fully saturated rings. The van der Waals surface area contributed by atoms with Crippen molar-refractivity contribution in [3.63, 3.8) is 0 Å². The van der Waals surface area contributed by atoms with Crippen molar-refractivity contribution in [2.24, 2.45) is 0 Å². The normalized spacial score (nSPS) is 24.0. The summed E-state index contributed by atoms with van der Waals surface area (Å²) in [6, 6.07) is 0. The summed E-state index contributed by atoms with van der Waals surface area (Å²) in [5.74, 6) is -0.897. The van der Waals surface area contributed by atoms with E-state index < -0.39 is 11.5 Å². The fourth-order valence-electron chi connectivity index (χ4n) is 2.27. The summed E-state index contributed by atoms with van der Waals surface area (Å²) in [4.78, 5) is 24.7. The number of hydrogen-bond acceptors (Lipinski definition) is 2. The van der Waals surface area contributed by atoms with Crippen molar-refractivity contribution < 1.29 is 14.7 Å². The van der Waals surface area contributed by atoms with Crippen LogP contribution in [0.3, 0.4) is 0 Å². The zero-order chi connectivity index (χ0) is 12.9. The van der Waals surface area contributed by atoms with Gasteiger partial charge in [-0.15, -0.1) is 0 Å². The molecule has 1 rings (SSSR count). The molecule has 1 N–H and O–H groups in total. The van der Waals surface area contributed by atoms with Crippen molar-refractivity contribution in [3.8, 4) is 0 Å². The first-order valence-electron chi connectivity index (χ1n) is 6.12. The molecule has 5 heteroatoms. The van der Waals surface area contributed by atoms with E-state index in [2.05, 4.69) is 15.9 Å². The Morgan fingerprint density at radius 2 is 2.06 bits per heavy atom. The van der Waals surface area contributed by atoms with Crippen LogP contribution in [0, 0.1) is 0 Å². The summed E-state index contributed by atoms with van der Waals surface area (Å²) in [5.41, 5.74) is -0.980. The van der Waals surface area contributed by atoms with Crippen molar-refractivity contribution in [2.75, 3.05) is 11.9 Å². The van der Waals surface area contributed by atoms with Crippen LogP contribution in [0.5, 0.6) is 0 Å². The monoisotopic (exact) mass is 305 g/mol. The van der Waals surface area contributed by atoms with Gasteiger partial charge in [-0.2, -0.15) is 0 Å². The van der Waals surface area contributed by atoms with Gasteiger partial charge in [-0.05, 0) is 32.6 Å². The van der Waals surface area contributed by atoms with Gasteiger partial charge in [0.1, 0.15) is 5.54 Å². The summed E-state index contributed by atoms with van der Waals surface area (Å²) < 4.78 is 0. The topological polar surface area (TPSA) is 57.6 Å². The maximum atomic E-state index is 12.0. The van der Waals surface area contributed by atoms with Crippen molar-refractivity contribution >= 4 is 27.8 Å². The van der Waals surface area contributed by atoms with E-state index in [-0.39, 0.29) is 5.91 Å².